The SMILES string of the molecule is Cc1ccccc1OCC(=O)N1CCC(c2ccsc2)CC1. The first kappa shape index (κ1) is 15.1. The first-order chi connectivity index (χ1) is 10.7. The van der Waals surface area contributed by atoms with Crippen LogP contribution in [0.3, 0.4) is 0 Å². The lowest BCUT2D eigenvalue weighted by Crippen LogP contribution is -2.40. The highest BCUT2D eigenvalue weighted by molar-refractivity contribution is 7.07. The minimum atomic E-state index is 0.0898. The molecular formula is C18H21NO2S. The fraction of sp³-hybridized carbons (Fsp3) is 0.389. The van der Waals surface area contributed by atoms with Crippen LogP contribution in [-0.2, 0) is 4.79 Å². The second kappa shape index (κ2) is 6.97. The van der Waals surface area contributed by atoms with E-state index in [4.69, 9.17) is 4.74 Å². The van der Waals surface area contributed by atoms with Gasteiger partial charge in [-0.1, -0.05) is 18.2 Å². The van der Waals surface area contributed by atoms with Gasteiger partial charge in [-0.25, -0.2) is 0 Å². The van der Waals surface area contributed by atoms with Gasteiger partial charge in [0.1, 0.15) is 5.75 Å². The number of rotatable bonds is 4. The molecular weight excluding hydrogens is 294 g/mol. The van der Waals surface area contributed by atoms with E-state index < -0.39 is 0 Å². The van der Waals surface area contributed by atoms with Gasteiger partial charge in [0.2, 0.25) is 0 Å². The first-order valence-corrected chi connectivity index (χ1v) is 8.66. The van der Waals surface area contributed by atoms with Crippen LogP contribution in [-0.4, -0.2) is 30.5 Å². The molecule has 0 unspecified atom stereocenters. The highest BCUT2D eigenvalue weighted by atomic mass is 32.1. The van der Waals surface area contributed by atoms with E-state index in [0.29, 0.717) is 5.92 Å². The molecule has 116 valence electrons. The quantitative estimate of drug-likeness (QED) is 0.858. The smallest absolute Gasteiger partial charge is 0.260 e. The van der Waals surface area contributed by atoms with Crippen molar-refractivity contribution in [3.8, 4) is 5.75 Å². The number of hydrogen-bond donors (Lipinski definition) is 0. The van der Waals surface area contributed by atoms with Gasteiger partial charge in [0, 0.05) is 13.1 Å². The predicted octanol–water partition coefficient (Wildman–Crippen LogP) is 3.84. The number of likely N-dealkylation sites (tertiary alicyclic amines) is 1. The molecule has 1 amide bonds. The molecule has 3 nitrogen and oxygen atoms in total. The summed E-state index contributed by atoms with van der Waals surface area (Å²) in [5.41, 5.74) is 2.49. The molecule has 0 saturated carbocycles. The normalized spacial score (nSPS) is 15.8. The van der Waals surface area contributed by atoms with Crippen LogP contribution in [0.4, 0.5) is 0 Å². The van der Waals surface area contributed by atoms with E-state index in [1.165, 1.54) is 5.56 Å². The van der Waals surface area contributed by atoms with Crippen LogP contribution in [0.5, 0.6) is 5.75 Å². The summed E-state index contributed by atoms with van der Waals surface area (Å²) < 4.78 is 5.66. The molecule has 0 radical (unpaired) electrons. The molecule has 1 aromatic carbocycles. The van der Waals surface area contributed by atoms with Crippen molar-refractivity contribution < 1.29 is 9.53 Å². The zero-order chi connectivity index (χ0) is 15.4. The molecule has 0 N–H and O–H groups in total. The summed E-state index contributed by atoms with van der Waals surface area (Å²) in [6, 6.07) is 10.0. The second-order valence-corrected chi connectivity index (χ2v) is 6.55. The fourth-order valence-corrected chi connectivity index (χ4v) is 3.66. The van der Waals surface area contributed by atoms with Gasteiger partial charge >= 0.3 is 0 Å². The third kappa shape index (κ3) is 3.50. The summed E-state index contributed by atoms with van der Waals surface area (Å²) >= 11 is 1.75. The topological polar surface area (TPSA) is 29.5 Å². The summed E-state index contributed by atoms with van der Waals surface area (Å²) in [7, 11) is 0. The number of carbonyl (C=O) groups is 1. The van der Waals surface area contributed by atoms with Crippen LogP contribution in [0.25, 0.3) is 0 Å². The molecule has 0 aliphatic carbocycles. The van der Waals surface area contributed by atoms with E-state index in [2.05, 4.69) is 16.8 Å². The molecule has 2 heterocycles. The Morgan fingerprint density at radius 2 is 2.05 bits per heavy atom. The maximum atomic E-state index is 12.3. The standard InChI is InChI=1S/C18H21NO2S/c1-14-4-2-3-5-17(14)21-12-18(20)19-9-6-15(7-10-19)16-8-11-22-13-16/h2-5,8,11,13,15H,6-7,9-10,12H2,1H3. The zero-order valence-electron chi connectivity index (χ0n) is 12.8. The van der Waals surface area contributed by atoms with Crippen molar-refractivity contribution in [3.05, 3.63) is 52.2 Å². The average molecular weight is 315 g/mol. The fourth-order valence-electron chi connectivity index (χ4n) is 2.92. The molecule has 0 atom stereocenters. The van der Waals surface area contributed by atoms with Crippen molar-refractivity contribution in [3.63, 3.8) is 0 Å². The third-order valence-corrected chi connectivity index (χ3v) is 5.01. The molecule has 1 aromatic heterocycles. The lowest BCUT2D eigenvalue weighted by molar-refractivity contribution is -0.134. The number of carbonyl (C=O) groups excluding carboxylic acids is 1. The highest BCUT2D eigenvalue weighted by Gasteiger charge is 2.24. The van der Waals surface area contributed by atoms with Crippen LogP contribution in [0, 0.1) is 6.92 Å². The summed E-state index contributed by atoms with van der Waals surface area (Å²) in [4.78, 5) is 14.2. The molecule has 0 spiro atoms. The van der Waals surface area contributed by atoms with Gasteiger partial charge in [0.15, 0.2) is 6.61 Å². The van der Waals surface area contributed by atoms with Crippen molar-refractivity contribution in [2.45, 2.75) is 25.7 Å². The van der Waals surface area contributed by atoms with Crippen molar-refractivity contribution in [2.75, 3.05) is 19.7 Å². The van der Waals surface area contributed by atoms with E-state index in [0.717, 1.165) is 37.2 Å². The van der Waals surface area contributed by atoms with Gasteiger partial charge in [-0.2, -0.15) is 11.3 Å². The van der Waals surface area contributed by atoms with Gasteiger partial charge in [-0.05, 0) is 59.7 Å². The van der Waals surface area contributed by atoms with Crippen LogP contribution < -0.4 is 4.74 Å². The van der Waals surface area contributed by atoms with E-state index in [-0.39, 0.29) is 12.5 Å². The van der Waals surface area contributed by atoms with E-state index in [1.54, 1.807) is 11.3 Å². The van der Waals surface area contributed by atoms with E-state index in [1.807, 2.05) is 36.1 Å². The van der Waals surface area contributed by atoms with Crippen LogP contribution in [0.2, 0.25) is 0 Å². The van der Waals surface area contributed by atoms with Gasteiger partial charge in [0.25, 0.3) is 5.91 Å². The minimum absolute atomic E-state index is 0.0898. The Kier molecular flexibility index (Phi) is 4.78. The number of aryl methyl sites for hydroxylation is 1. The monoisotopic (exact) mass is 315 g/mol. The minimum Gasteiger partial charge on any atom is -0.484 e. The van der Waals surface area contributed by atoms with Crippen molar-refractivity contribution in [2.24, 2.45) is 0 Å². The van der Waals surface area contributed by atoms with E-state index in [9.17, 15) is 4.79 Å². The largest absolute Gasteiger partial charge is 0.484 e. The molecule has 1 aliphatic heterocycles. The third-order valence-electron chi connectivity index (χ3n) is 4.31. The Labute approximate surface area is 135 Å². The Morgan fingerprint density at radius 1 is 1.27 bits per heavy atom. The number of amides is 1. The molecule has 4 heteroatoms. The summed E-state index contributed by atoms with van der Waals surface area (Å²) in [6.07, 6.45) is 2.10. The number of thiophene rings is 1. The Bertz CT molecular complexity index is 616. The molecule has 22 heavy (non-hydrogen) atoms. The maximum Gasteiger partial charge on any atom is 0.260 e. The zero-order valence-corrected chi connectivity index (χ0v) is 13.6. The van der Waals surface area contributed by atoms with Gasteiger partial charge < -0.3 is 9.64 Å². The molecule has 1 saturated heterocycles. The lowest BCUT2D eigenvalue weighted by Gasteiger charge is -2.31. The number of ether oxygens (including phenoxy) is 1. The Morgan fingerprint density at radius 3 is 2.73 bits per heavy atom. The number of para-hydroxylation sites is 1. The summed E-state index contributed by atoms with van der Waals surface area (Å²) in [5.74, 6) is 1.49. The van der Waals surface area contributed by atoms with E-state index >= 15 is 0 Å². The molecule has 1 aliphatic rings. The Balaban J connectivity index is 1.49. The van der Waals surface area contributed by atoms with Gasteiger partial charge in [-0.15, -0.1) is 0 Å². The lowest BCUT2D eigenvalue weighted by atomic mass is 9.91. The average Bonchev–Trinajstić information content (AvgIpc) is 3.08. The van der Waals surface area contributed by atoms with Crippen LogP contribution >= 0.6 is 11.3 Å². The molecule has 1 fully saturated rings. The van der Waals surface area contributed by atoms with Crippen molar-refractivity contribution in [1.29, 1.82) is 0 Å². The Hall–Kier alpha value is -1.81. The second-order valence-electron chi connectivity index (χ2n) is 5.77. The number of hydrogen-bond acceptors (Lipinski definition) is 3. The molecule has 3 rings (SSSR count). The molecule has 0 bridgehead atoms. The van der Waals surface area contributed by atoms with Crippen LogP contribution in [0.15, 0.2) is 41.1 Å². The van der Waals surface area contributed by atoms with Crippen molar-refractivity contribution >= 4 is 17.2 Å². The maximum absolute atomic E-state index is 12.3. The van der Waals surface area contributed by atoms with Gasteiger partial charge in [0.05, 0.1) is 0 Å². The predicted molar refractivity (Wildman–Crippen MR) is 89.5 cm³/mol. The molecule has 2 aromatic rings. The highest BCUT2D eigenvalue weighted by Crippen LogP contribution is 2.29. The van der Waals surface area contributed by atoms with Crippen molar-refractivity contribution in [1.82, 2.24) is 4.90 Å². The number of benzene rings is 1. The van der Waals surface area contributed by atoms with Gasteiger partial charge in [-0.3, -0.25) is 4.79 Å². The summed E-state index contributed by atoms with van der Waals surface area (Å²) in [6.45, 7) is 3.78. The van der Waals surface area contributed by atoms with Crippen LogP contribution in [0.1, 0.15) is 29.9 Å². The number of nitrogens with zero attached hydrogens (tertiary/aromatic N) is 1. The summed E-state index contributed by atoms with van der Waals surface area (Å²) in [5, 5.41) is 4.35. The number of piperidine rings is 1. The first-order valence-electron chi connectivity index (χ1n) is 7.72.